The third-order valence-electron chi connectivity index (χ3n) is 8.70. The number of aliphatic imine (C=N–C) groups is 1. The molecule has 1 atom stereocenters. The molecule has 1 aromatic heterocycles. The third-order valence-corrected chi connectivity index (χ3v) is 8.70. The van der Waals surface area contributed by atoms with Crippen LogP contribution in [0.15, 0.2) is 47.5 Å². The zero-order valence-electron chi connectivity index (χ0n) is 23.2. The number of H-pyrrole nitrogens is 1. The van der Waals surface area contributed by atoms with Crippen LogP contribution in [0.25, 0.3) is 22.5 Å². The van der Waals surface area contributed by atoms with E-state index in [1.54, 1.807) is 0 Å². The molecule has 204 valence electrons. The van der Waals surface area contributed by atoms with Crippen molar-refractivity contribution in [2.24, 2.45) is 10.9 Å². The van der Waals surface area contributed by atoms with E-state index in [1.807, 2.05) is 4.90 Å². The Morgan fingerprint density at radius 2 is 1.87 bits per heavy atom. The fourth-order valence-corrected chi connectivity index (χ4v) is 6.53. The molecule has 1 amide bonds. The number of anilines is 1. The molecule has 2 aliphatic heterocycles. The van der Waals surface area contributed by atoms with E-state index in [2.05, 4.69) is 81.8 Å². The highest BCUT2D eigenvalue weighted by Crippen LogP contribution is 2.40. The van der Waals surface area contributed by atoms with E-state index in [0.717, 1.165) is 86.1 Å². The Bertz CT molecular complexity index is 1330. The summed E-state index contributed by atoms with van der Waals surface area (Å²) in [5, 5.41) is 14.9. The minimum atomic E-state index is -0.491. The fourth-order valence-electron chi connectivity index (χ4n) is 6.53. The van der Waals surface area contributed by atoms with Crippen LogP contribution in [0.1, 0.15) is 77.2 Å². The molecule has 3 heterocycles. The van der Waals surface area contributed by atoms with Crippen LogP contribution in [0.4, 0.5) is 5.69 Å². The Balaban J connectivity index is 1.28. The van der Waals surface area contributed by atoms with Crippen molar-refractivity contribution >= 4 is 17.4 Å². The number of aromatic nitrogens is 4. The zero-order valence-corrected chi connectivity index (χ0v) is 23.2. The molecule has 3 aliphatic rings. The molecule has 8 nitrogen and oxygen atoms in total. The standard InChI is InChI=1S/C31H39N7O/c1-3-4-9-28-32-31(16-5-6-17-31)30(39)38(28)21-23-10-12-24(13-11-23)27-19-25(37-18-7-8-22(2)20-37)14-15-26(27)29-33-35-36-34-29/h10-15,19,22H,3-9,16-18,20-21H2,1-2H3,(H,33,34,35,36)/t22-/m1/s1. The number of rotatable bonds is 8. The highest BCUT2D eigenvalue weighted by Gasteiger charge is 2.49. The highest BCUT2D eigenvalue weighted by atomic mass is 16.2. The van der Waals surface area contributed by atoms with E-state index in [-0.39, 0.29) is 5.91 Å². The molecule has 0 bridgehead atoms. The molecule has 1 N–H and O–H groups in total. The van der Waals surface area contributed by atoms with Crippen molar-refractivity contribution in [1.29, 1.82) is 0 Å². The summed E-state index contributed by atoms with van der Waals surface area (Å²) in [7, 11) is 0. The molecule has 2 fully saturated rings. The monoisotopic (exact) mass is 525 g/mol. The highest BCUT2D eigenvalue weighted by molar-refractivity contribution is 6.08. The number of hydrogen-bond acceptors (Lipinski definition) is 6. The second kappa shape index (κ2) is 10.9. The maximum Gasteiger partial charge on any atom is 0.256 e. The Morgan fingerprint density at radius 1 is 1.05 bits per heavy atom. The molecule has 2 aromatic carbocycles. The number of tetrazole rings is 1. The van der Waals surface area contributed by atoms with Crippen LogP contribution in [0, 0.1) is 5.92 Å². The Hall–Kier alpha value is -3.55. The second-order valence-corrected chi connectivity index (χ2v) is 11.6. The number of aromatic amines is 1. The number of hydrogen-bond donors (Lipinski definition) is 1. The van der Waals surface area contributed by atoms with Crippen molar-refractivity contribution in [1.82, 2.24) is 25.5 Å². The SMILES string of the molecule is CCCCC1=NC2(CCCC2)C(=O)N1Cc1ccc(-c2cc(N3CCC[C@@H](C)C3)ccc2-c2nn[nH]n2)cc1. The van der Waals surface area contributed by atoms with Gasteiger partial charge in [-0.25, -0.2) is 0 Å². The molecule has 1 aliphatic carbocycles. The van der Waals surface area contributed by atoms with Gasteiger partial charge in [-0.15, -0.1) is 10.2 Å². The molecule has 3 aromatic rings. The van der Waals surface area contributed by atoms with Crippen LogP contribution in [-0.2, 0) is 11.3 Å². The molecule has 1 spiro atoms. The first-order valence-electron chi connectivity index (χ1n) is 14.7. The number of unbranched alkanes of at least 4 members (excludes halogenated alkanes) is 1. The lowest BCUT2D eigenvalue weighted by Crippen LogP contribution is -2.40. The molecular formula is C31H39N7O. The number of amides is 1. The summed E-state index contributed by atoms with van der Waals surface area (Å²) >= 11 is 0. The molecule has 0 unspecified atom stereocenters. The molecule has 6 rings (SSSR count). The number of nitrogens with one attached hydrogen (secondary N) is 1. The maximum atomic E-state index is 13.6. The van der Waals surface area contributed by atoms with Crippen molar-refractivity contribution in [2.75, 3.05) is 18.0 Å². The molecule has 39 heavy (non-hydrogen) atoms. The second-order valence-electron chi connectivity index (χ2n) is 11.6. The average Bonchev–Trinajstić information content (AvgIpc) is 3.72. The van der Waals surface area contributed by atoms with Gasteiger partial charge in [0.1, 0.15) is 11.4 Å². The van der Waals surface area contributed by atoms with Crippen LogP contribution in [-0.4, -0.2) is 55.9 Å². The number of carbonyl (C=O) groups is 1. The minimum absolute atomic E-state index is 0.207. The normalized spacial score (nSPS) is 20.7. The van der Waals surface area contributed by atoms with E-state index in [9.17, 15) is 4.79 Å². The van der Waals surface area contributed by atoms with Crippen LogP contribution >= 0.6 is 0 Å². The lowest BCUT2D eigenvalue weighted by molar-refractivity contribution is -0.131. The third kappa shape index (κ3) is 5.09. The van der Waals surface area contributed by atoms with Crippen molar-refractivity contribution in [3.05, 3.63) is 48.0 Å². The Kier molecular flexibility index (Phi) is 7.19. The largest absolute Gasteiger partial charge is 0.371 e. The smallest absolute Gasteiger partial charge is 0.256 e. The number of carbonyl (C=O) groups excluding carboxylic acids is 1. The van der Waals surface area contributed by atoms with Gasteiger partial charge in [0.05, 0.1) is 6.54 Å². The van der Waals surface area contributed by atoms with Crippen molar-refractivity contribution < 1.29 is 4.79 Å². The van der Waals surface area contributed by atoms with Gasteiger partial charge < -0.3 is 4.90 Å². The molecule has 0 radical (unpaired) electrons. The first-order valence-corrected chi connectivity index (χ1v) is 14.7. The maximum absolute atomic E-state index is 13.6. The first-order chi connectivity index (χ1) is 19.1. The number of benzene rings is 2. The van der Waals surface area contributed by atoms with E-state index in [1.165, 1.54) is 18.5 Å². The van der Waals surface area contributed by atoms with Crippen molar-refractivity contribution in [3.8, 4) is 22.5 Å². The quantitative estimate of drug-likeness (QED) is 0.389. The Morgan fingerprint density at radius 3 is 2.59 bits per heavy atom. The van der Waals surface area contributed by atoms with Gasteiger partial charge in [-0.3, -0.25) is 14.7 Å². The van der Waals surface area contributed by atoms with E-state index in [4.69, 9.17) is 4.99 Å². The molecule has 1 saturated carbocycles. The molecular weight excluding hydrogens is 486 g/mol. The zero-order chi connectivity index (χ0) is 26.8. The summed E-state index contributed by atoms with van der Waals surface area (Å²) in [4.78, 5) is 23.1. The summed E-state index contributed by atoms with van der Waals surface area (Å²) in [6.45, 7) is 7.25. The van der Waals surface area contributed by atoms with E-state index >= 15 is 0 Å². The summed E-state index contributed by atoms with van der Waals surface area (Å²) in [6.07, 6.45) is 9.51. The average molecular weight is 526 g/mol. The summed E-state index contributed by atoms with van der Waals surface area (Å²) in [6, 6.07) is 15.2. The first kappa shape index (κ1) is 25.7. The summed E-state index contributed by atoms with van der Waals surface area (Å²) in [5.41, 5.74) is 5.01. The molecule has 8 heteroatoms. The lowest BCUT2D eigenvalue weighted by atomic mass is 9.95. The van der Waals surface area contributed by atoms with Gasteiger partial charge in [0.25, 0.3) is 5.91 Å². The van der Waals surface area contributed by atoms with Gasteiger partial charge >= 0.3 is 0 Å². The number of amidine groups is 1. The van der Waals surface area contributed by atoms with Crippen molar-refractivity contribution in [2.45, 2.75) is 83.7 Å². The van der Waals surface area contributed by atoms with Gasteiger partial charge in [0, 0.05) is 30.8 Å². The van der Waals surface area contributed by atoms with Gasteiger partial charge in [-0.05, 0) is 78.1 Å². The van der Waals surface area contributed by atoms with Crippen LogP contribution in [0.5, 0.6) is 0 Å². The topological polar surface area (TPSA) is 90.4 Å². The Labute approximate surface area is 230 Å². The number of piperidine rings is 1. The fraction of sp³-hybridized carbons (Fsp3) is 0.516. The van der Waals surface area contributed by atoms with Gasteiger partial charge in [0.15, 0.2) is 0 Å². The van der Waals surface area contributed by atoms with Crippen molar-refractivity contribution in [3.63, 3.8) is 0 Å². The predicted octanol–water partition coefficient (Wildman–Crippen LogP) is 6.01. The predicted molar refractivity (Wildman–Crippen MR) is 154 cm³/mol. The van der Waals surface area contributed by atoms with Gasteiger partial charge in [-0.1, -0.05) is 57.4 Å². The van der Waals surface area contributed by atoms with Gasteiger partial charge in [-0.2, -0.15) is 5.21 Å². The molecule has 1 saturated heterocycles. The summed E-state index contributed by atoms with van der Waals surface area (Å²) < 4.78 is 0. The number of nitrogens with zero attached hydrogens (tertiary/aromatic N) is 6. The lowest BCUT2D eigenvalue weighted by Gasteiger charge is -2.33. The van der Waals surface area contributed by atoms with E-state index in [0.29, 0.717) is 18.3 Å². The summed E-state index contributed by atoms with van der Waals surface area (Å²) in [5.74, 6) is 2.48. The van der Waals surface area contributed by atoms with Crippen LogP contribution in [0.2, 0.25) is 0 Å². The van der Waals surface area contributed by atoms with Crippen LogP contribution < -0.4 is 4.90 Å². The van der Waals surface area contributed by atoms with Crippen LogP contribution in [0.3, 0.4) is 0 Å². The van der Waals surface area contributed by atoms with Gasteiger partial charge in [0.2, 0.25) is 5.82 Å². The van der Waals surface area contributed by atoms with E-state index < -0.39 is 5.54 Å². The minimum Gasteiger partial charge on any atom is -0.371 e.